The predicted molar refractivity (Wildman–Crippen MR) is 34.5 cm³/mol. The molecule has 0 radical (unpaired) electrons. The molecule has 0 aromatic heterocycles. The van der Waals surface area contributed by atoms with E-state index in [0.29, 0.717) is 17.6 Å². The van der Waals surface area contributed by atoms with Gasteiger partial charge in [-0.1, -0.05) is 0 Å². The van der Waals surface area contributed by atoms with Crippen LogP contribution in [0.3, 0.4) is 0 Å². The number of ketones is 1. The molecular formula is C8H10O2. The van der Waals surface area contributed by atoms with Crippen LogP contribution in [-0.4, -0.2) is 18.5 Å². The first kappa shape index (κ1) is 5.30. The first-order chi connectivity index (χ1) is 4.86. The summed E-state index contributed by atoms with van der Waals surface area (Å²) in [7, 11) is 0. The Bertz CT molecular complexity index is 197. The normalized spacial score (nSPS) is 56.6. The van der Waals surface area contributed by atoms with Gasteiger partial charge in [0.25, 0.3) is 0 Å². The molecule has 0 N–H and O–H groups in total. The van der Waals surface area contributed by atoms with Crippen molar-refractivity contribution in [3.8, 4) is 0 Å². The fourth-order valence-electron chi connectivity index (χ4n) is 2.83. The number of fused-ring (bicyclic) bond motifs is 1. The monoisotopic (exact) mass is 138 g/mol. The summed E-state index contributed by atoms with van der Waals surface area (Å²) < 4.78 is 5.39. The molecule has 2 nitrogen and oxygen atoms in total. The molecule has 0 spiro atoms. The predicted octanol–water partition coefficient (Wildman–Crippen LogP) is 0.610. The molecule has 0 unspecified atom stereocenters. The van der Waals surface area contributed by atoms with Crippen LogP contribution < -0.4 is 0 Å². The third kappa shape index (κ3) is 0.409. The van der Waals surface area contributed by atoms with Crippen LogP contribution in [0.4, 0.5) is 0 Å². The van der Waals surface area contributed by atoms with Crippen LogP contribution >= 0.6 is 0 Å². The number of rotatable bonds is 0. The molecule has 2 bridgehead atoms. The van der Waals surface area contributed by atoms with Crippen molar-refractivity contribution in [2.75, 3.05) is 6.61 Å². The summed E-state index contributed by atoms with van der Waals surface area (Å²) >= 11 is 0. The minimum atomic E-state index is 0.0312. The van der Waals surface area contributed by atoms with E-state index in [1.165, 1.54) is 0 Å². The summed E-state index contributed by atoms with van der Waals surface area (Å²) in [5.41, 5.74) is 0. The fraction of sp³-hybridized carbons (Fsp3) is 0.875. The Hall–Kier alpha value is -0.370. The Morgan fingerprint density at radius 2 is 2.30 bits per heavy atom. The minimum absolute atomic E-state index is 0.0312. The van der Waals surface area contributed by atoms with Crippen LogP contribution in [0.1, 0.15) is 12.8 Å². The Labute approximate surface area is 59.6 Å². The Morgan fingerprint density at radius 1 is 1.40 bits per heavy atom. The van der Waals surface area contributed by atoms with E-state index >= 15 is 0 Å². The molecule has 0 amide bonds. The molecule has 10 heavy (non-hydrogen) atoms. The van der Waals surface area contributed by atoms with E-state index in [4.69, 9.17) is 4.74 Å². The van der Waals surface area contributed by atoms with Gasteiger partial charge in [0, 0.05) is 5.92 Å². The smallest absolute Gasteiger partial charge is 0.164 e. The summed E-state index contributed by atoms with van der Waals surface area (Å²) in [5.74, 6) is 2.16. The Kier molecular flexibility index (Phi) is 0.768. The first-order valence-electron chi connectivity index (χ1n) is 4.01. The Balaban J connectivity index is 2.08. The summed E-state index contributed by atoms with van der Waals surface area (Å²) in [5, 5.41) is 0. The number of hydrogen-bond acceptors (Lipinski definition) is 2. The van der Waals surface area contributed by atoms with Crippen molar-refractivity contribution in [1.82, 2.24) is 0 Å². The van der Waals surface area contributed by atoms with Gasteiger partial charge in [0.05, 0.1) is 6.61 Å². The van der Waals surface area contributed by atoms with Crippen LogP contribution in [0, 0.1) is 17.8 Å². The maximum Gasteiger partial charge on any atom is 0.164 e. The Morgan fingerprint density at radius 3 is 3.00 bits per heavy atom. The largest absolute Gasteiger partial charge is 0.370 e. The highest BCUT2D eigenvalue weighted by Gasteiger charge is 2.56. The summed E-state index contributed by atoms with van der Waals surface area (Å²) in [4.78, 5) is 11.3. The van der Waals surface area contributed by atoms with Gasteiger partial charge in [-0.3, -0.25) is 4.79 Å². The highest BCUT2D eigenvalue weighted by Crippen LogP contribution is 2.51. The summed E-state index contributed by atoms with van der Waals surface area (Å²) in [6.45, 7) is 0.859. The van der Waals surface area contributed by atoms with Crippen molar-refractivity contribution in [3.05, 3.63) is 0 Å². The van der Waals surface area contributed by atoms with Gasteiger partial charge in [0.2, 0.25) is 0 Å². The molecule has 4 atom stereocenters. The van der Waals surface area contributed by atoms with Crippen molar-refractivity contribution < 1.29 is 9.53 Å². The maximum atomic E-state index is 11.3. The molecule has 1 heterocycles. The van der Waals surface area contributed by atoms with Gasteiger partial charge in [-0.15, -0.1) is 0 Å². The van der Waals surface area contributed by atoms with E-state index in [9.17, 15) is 4.79 Å². The SMILES string of the molecule is O=C1[C@@H]2C[C@@H]3CO[C@H]1[C@H]3C2. The highest BCUT2D eigenvalue weighted by atomic mass is 16.5. The number of carbonyl (C=O) groups is 1. The zero-order valence-corrected chi connectivity index (χ0v) is 5.75. The molecule has 3 rings (SSSR count). The molecule has 3 aliphatic rings. The first-order valence-corrected chi connectivity index (χ1v) is 4.01. The lowest BCUT2D eigenvalue weighted by Crippen LogP contribution is -2.26. The van der Waals surface area contributed by atoms with Crippen LogP contribution in [0.25, 0.3) is 0 Å². The van der Waals surface area contributed by atoms with Gasteiger partial charge in [0.15, 0.2) is 5.78 Å². The van der Waals surface area contributed by atoms with Crippen molar-refractivity contribution in [2.45, 2.75) is 18.9 Å². The van der Waals surface area contributed by atoms with E-state index in [2.05, 4.69) is 0 Å². The average molecular weight is 138 g/mol. The molecule has 1 aliphatic heterocycles. The van der Waals surface area contributed by atoms with Crippen molar-refractivity contribution >= 4 is 5.78 Å². The molecule has 0 aromatic rings. The maximum absolute atomic E-state index is 11.3. The summed E-state index contributed by atoms with van der Waals surface area (Å²) in [6, 6.07) is 0. The lowest BCUT2D eigenvalue weighted by Gasteiger charge is -2.13. The van der Waals surface area contributed by atoms with Crippen molar-refractivity contribution in [2.24, 2.45) is 17.8 Å². The van der Waals surface area contributed by atoms with Gasteiger partial charge in [-0.25, -0.2) is 0 Å². The van der Waals surface area contributed by atoms with Gasteiger partial charge in [-0.05, 0) is 24.7 Å². The zero-order chi connectivity index (χ0) is 6.72. The molecule has 2 heteroatoms. The van der Waals surface area contributed by atoms with E-state index in [1.54, 1.807) is 0 Å². The number of hydrogen-bond donors (Lipinski definition) is 0. The minimum Gasteiger partial charge on any atom is -0.370 e. The molecular weight excluding hydrogens is 128 g/mol. The van der Waals surface area contributed by atoms with Gasteiger partial charge in [0.1, 0.15) is 6.10 Å². The zero-order valence-electron chi connectivity index (χ0n) is 5.75. The van der Waals surface area contributed by atoms with Gasteiger partial charge >= 0.3 is 0 Å². The van der Waals surface area contributed by atoms with E-state index in [1.807, 2.05) is 0 Å². The average Bonchev–Trinajstić information content (AvgIpc) is 2.43. The third-order valence-corrected chi connectivity index (χ3v) is 3.31. The lowest BCUT2D eigenvalue weighted by molar-refractivity contribution is -0.129. The van der Waals surface area contributed by atoms with Crippen LogP contribution in [0.2, 0.25) is 0 Å². The second kappa shape index (κ2) is 1.45. The number of ether oxygens (including phenoxy) is 1. The fourth-order valence-corrected chi connectivity index (χ4v) is 2.83. The van der Waals surface area contributed by atoms with E-state index in [0.717, 1.165) is 25.4 Å². The second-order valence-electron chi connectivity index (χ2n) is 3.75. The highest BCUT2D eigenvalue weighted by molar-refractivity contribution is 5.89. The topological polar surface area (TPSA) is 26.3 Å². The van der Waals surface area contributed by atoms with E-state index in [-0.39, 0.29) is 6.10 Å². The molecule has 3 fully saturated rings. The number of carbonyl (C=O) groups excluding carboxylic acids is 1. The van der Waals surface area contributed by atoms with Crippen LogP contribution in [0.5, 0.6) is 0 Å². The molecule has 0 aromatic carbocycles. The van der Waals surface area contributed by atoms with Crippen molar-refractivity contribution in [1.29, 1.82) is 0 Å². The summed E-state index contributed by atoms with van der Waals surface area (Å²) in [6.07, 6.45) is 2.29. The lowest BCUT2D eigenvalue weighted by atomic mass is 9.90. The third-order valence-electron chi connectivity index (χ3n) is 3.31. The van der Waals surface area contributed by atoms with Gasteiger partial charge < -0.3 is 4.74 Å². The van der Waals surface area contributed by atoms with Crippen molar-refractivity contribution in [3.63, 3.8) is 0 Å². The van der Waals surface area contributed by atoms with Gasteiger partial charge in [-0.2, -0.15) is 0 Å². The molecule has 2 saturated carbocycles. The standard InChI is InChI=1S/C8H10O2/c9-7-4-1-5-3-10-8(7)6(5)2-4/h4-6,8H,1-3H2/t4-,5-,6+,8+/m1/s1. The van der Waals surface area contributed by atoms with E-state index < -0.39 is 0 Å². The molecule has 2 aliphatic carbocycles. The quantitative estimate of drug-likeness (QED) is 0.490. The van der Waals surface area contributed by atoms with Crippen LogP contribution in [0.15, 0.2) is 0 Å². The molecule has 54 valence electrons. The second-order valence-corrected chi connectivity index (χ2v) is 3.75. The number of Topliss-reactive ketones (excluding diaryl/α,β-unsaturated/α-hetero) is 1. The van der Waals surface area contributed by atoms with Crippen LogP contribution in [-0.2, 0) is 9.53 Å². The molecule has 1 saturated heterocycles.